The molecule has 0 atom stereocenters. The second-order valence-electron chi connectivity index (χ2n) is 6.44. The summed E-state index contributed by atoms with van der Waals surface area (Å²) < 4.78 is 0. The van der Waals surface area contributed by atoms with Gasteiger partial charge in [-0.2, -0.15) is 11.8 Å². The molecule has 0 saturated carbocycles. The Hall–Kier alpha value is -1.34. The number of hydrogen-bond acceptors (Lipinski definition) is 5. The van der Waals surface area contributed by atoms with Crippen molar-refractivity contribution in [3.05, 3.63) is 26.6 Å². The van der Waals surface area contributed by atoms with Crippen molar-refractivity contribution in [3.8, 4) is 0 Å². The number of H-pyrrole nitrogens is 1. The van der Waals surface area contributed by atoms with Gasteiger partial charge in [-0.05, 0) is 37.7 Å². The van der Waals surface area contributed by atoms with Gasteiger partial charge in [0.2, 0.25) is 5.91 Å². The third kappa shape index (κ3) is 3.11. The normalized spacial score (nSPS) is 16.9. The number of nitrogens with zero attached hydrogens (tertiary/aromatic N) is 2. The zero-order valence-corrected chi connectivity index (χ0v) is 15.2. The first-order valence-electron chi connectivity index (χ1n) is 8.61. The van der Waals surface area contributed by atoms with Crippen LogP contribution in [0.5, 0.6) is 0 Å². The maximum absolute atomic E-state index is 12.4. The fourth-order valence-corrected chi connectivity index (χ4v) is 5.64. The van der Waals surface area contributed by atoms with E-state index in [1.807, 2.05) is 4.90 Å². The molecule has 1 aliphatic heterocycles. The van der Waals surface area contributed by atoms with E-state index in [2.05, 4.69) is 9.97 Å². The summed E-state index contributed by atoms with van der Waals surface area (Å²) >= 11 is 3.34. The molecule has 1 N–H and O–H groups in total. The van der Waals surface area contributed by atoms with Crippen LogP contribution in [-0.4, -0.2) is 39.6 Å². The number of thioether (sulfide) groups is 1. The number of aromatic nitrogens is 2. The van der Waals surface area contributed by atoms with E-state index in [-0.39, 0.29) is 11.5 Å². The molecule has 0 spiro atoms. The van der Waals surface area contributed by atoms with Crippen LogP contribution in [0.25, 0.3) is 10.2 Å². The van der Waals surface area contributed by atoms with Crippen molar-refractivity contribution in [3.63, 3.8) is 0 Å². The summed E-state index contributed by atoms with van der Waals surface area (Å²) in [6.45, 7) is 1.83. The van der Waals surface area contributed by atoms with Crippen molar-refractivity contribution in [2.75, 3.05) is 18.8 Å². The summed E-state index contributed by atoms with van der Waals surface area (Å²) in [5, 5.41) is 0.811. The molecule has 2 aliphatic rings. The summed E-state index contributed by atoms with van der Waals surface area (Å²) in [7, 11) is 0. The van der Waals surface area contributed by atoms with Crippen LogP contribution < -0.4 is 5.56 Å². The van der Waals surface area contributed by atoms with Crippen LogP contribution in [0, 0.1) is 0 Å². The van der Waals surface area contributed by atoms with Crippen LogP contribution in [0.2, 0.25) is 0 Å². The molecule has 5 nitrogen and oxygen atoms in total. The Morgan fingerprint density at radius 1 is 1.25 bits per heavy atom. The highest BCUT2D eigenvalue weighted by molar-refractivity contribution is 7.98. The van der Waals surface area contributed by atoms with E-state index < -0.39 is 0 Å². The molecule has 3 heterocycles. The lowest BCUT2D eigenvalue weighted by molar-refractivity contribution is -0.129. The van der Waals surface area contributed by atoms with Gasteiger partial charge in [0.1, 0.15) is 10.7 Å². The quantitative estimate of drug-likeness (QED) is 0.830. The molecule has 0 aromatic carbocycles. The second kappa shape index (κ2) is 6.88. The van der Waals surface area contributed by atoms with Gasteiger partial charge in [0, 0.05) is 30.1 Å². The summed E-state index contributed by atoms with van der Waals surface area (Å²) in [5.74, 6) is 2.41. The minimum absolute atomic E-state index is 0.00291. The largest absolute Gasteiger partial charge is 0.343 e. The Kier molecular flexibility index (Phi) is 4.63. The molecule has 0 unspecified atom stereocenters. The highest BCUT2D eigenvalue weighted by atomic mass is 32.2. The van der Waals surface area contributed by atoms with Gasteiger partial charge >= 0.3 is 0 Å². The van der Waals surface area contributed by atoms with E-state index in [0.29, 0.717) is 12.2 Å². The Balaban J connectivity index is 1.37. The monoisotopic (exact) mass is 363 g/mol. The number of carbonyl (C=O) groups is 1. The van der Waals surface area contributed by atoms with Crippen LogP contribution in [0.1, 0.15) is 41.9 Å². The smallest absolute Gasteiger partial charge is 0.259 e. The molecular weight excluding hydrogens is 342 g/mol. The number of nitrogens with one attached hydrogen (secondary N) is 1. The van der Waals surface area contributed by atoms with Gasteiger partial charge in [0.25, 0.3) is 5.56 Å². The first kappa shape index (κ1) is 16.1. The SMILES string of the molecule is O=C(CCSCc1nc2sc3c(c2c(=O)[nH]1)CCC3)N1CCCC1. The molecule has 128 valence electrons. The van der Waals surface area contributed by atoms with Crippen molar-refractivity contribution >= 4 is 39.2 Å². The number of thiophene rings is 1. The van der Waals surface area contributed by atoms with E-state index in [0.717, 1.165) is 67.0 Å². The van der Waals surface area contributed by atoms with Gasteiger partial charge in [-0.3, -0.25) is 9.59 Å². The van der Waals surface area contributed by atoms with Gasteiger partial charge in [-0.15, -0.1) is 11.3 Å². The van der Waals surface area contributed by atoms with E-state index in [9.17, 15) is 9.59 Å². The molecule has 1 aliphatic carbocycles. The number of fused-ring (bicyclic) bond motifs is 3. The average Bonchev–Trinajstić information content (AvgIpc) is 3.26. The van der Waals surface area contributed by atoms with Crippen LogP contribution in [0.15, 0.2) is 4.79 Å². The van der Waals surface area contributed by atoms with E-state index in [4.69, 9.17) is 0 Å². The lowest BCUT2D eigenvalue weighted by atomic mass is 10.2. The zero-order valence-electron chi connectivity index (χ0n) is 13.6. The fraction of sp³-hybridized carbons (Fsp3) is 0.588. The van der Waals surface area contributed by atoms with Gasteiger partial charge in [0.15, 0.2) is 0 Å². The summed E-state index contributed by atoms with van der Waals surface area (Å²) in [6.07, 6.45) is 6.08. The zero-order chi connectivity index (χ0) is 16.5. The summed E-state index contributed by atoms with van der Waals surface area (Å²) in [6, 6.07) is 0. The van der Waals surface area contributed by atoms with Gasteiger partial charge < -0.3 is 9.88 Å². The third-order valence-corrected chi connectivity index (χ3v) is 6.94. The van der Waals surface area contributed by atoms with E-state index in [1.54, 1.807) is 23.1 Å². The molecule has 2 aromatic rings. The molecule has 7 heteroatoms. The highest BCUT2D eigenvalue weighted by Crippen LogP contribution is 2.34. The third-order valence-electron chi connectivity index (χ3n) is 4.78. The average molecular weight is 364 g/mol. The maximum Gasteiger partial charge on any atom is 0.259 e. The minimum atomic E-state index is 0.00291. The Morgan fingerprint density at radius 2 is 2.08 bits per heavy atom. The maximum atomic E-state index is 12.4. The summed E-state index contributed by atoms with van der Waals surface area (Å²) in [5.41, 5.74) is 1.22. The van der Waals surface area contributed by atoms with E-state index >= 15 is 0 Å². The van der Waals surface area contributed by atoms with Crippen LogP contribution in [0.4, 0.5) is 0 Å². The Morgan fingerprint density at radius 3 is 2.92 bits per heavy atom. The van der Waals surface area contributed by atoms with Crippen LogP contribution >= 0.6 is 23.1 Å². The number of aryl methyl sites for hydroxylation is 2. The minimum Gasteiger partial charge on any atom is -0.343 e. The fourth-order valence-electron chi connectivity index (χ4n) is 3.57. The standard InChI is InChI=1S/C17H21N3O2S2/c21-14(20-7-1-2-8-20)6-9-23-10-13-18-16(22)15-11-4-3-5-12(11)24-17(15)19-13/h1-10H2,(H,18,19,22). The van der Waals surface area contributed by atoms with Gasteiger partial charge in [-0.25, -0.2) is 4.98 Å². The van der Waals surface area contributed by atoms with Crippen LogP contribution in [0.3, 0.4) is 0 Å². The number of amides is 1. The molecule has 0 bridgehead atoms. The van der Waals surface area contributed by atoms with Crippen molar-refractivity contribution in [2.24, 2.45) is 0 Å². The number of rotatable bonds is 5. The lowest BCUT2D eigenvalue weighted by Crippen LogP contribution is -2.27. The topological polar surface area (TPSA) is 66.1 Å². The van der Waals surface area contributed by atoms with Crippen molar-refractivity contribution in [1.29, 1.82) is 0 Å². The van der Waals surface area contributed by atoms with E-state index in [1.165, 1.54) is 10.4 Å². The Labute approximate surface area is 148 Å². The van der Waals surface area contributed by atoms with Crippen molar-refractivity contribution < 1.29 is 4.79 Å². The number of likely N-dealkylation sites (tertiary alicyclic amines) is 1. The molecule has 1 amide bonds. The lowest BCUT2D eigenvalue weighted by Gasteiger charge is -2.14. The highest BCUT2D eigenvalue weighted by Gasteiger charge is 2.21. The molecule has 4 rings (SSSR count). The Bertz CT molecular complexity index is 821. The predicted molar refractivity (Wildman–Crippen MR) is 98.9 cm³/mol. The predicted octanol–water partition coefficient (Wildman–Crippen LogP) is 2.72. The van der Waals surface area contributed by atoms with Crippen LogP contribution in [-0.2, 0) is 23.4 Å². The molecule has 1 saturated heterocycles. The molecular formula is C17H21N3O2S2. The molecule has 24 heavy (non-hydrogen) atoms. The number of aromatic amines is 1. The van der Waals surface area contributed by atoms with Gasteiger partial charge in [0.05, 0.1) is 11.1 Å². The van der Waals surface area contributed by atoms with Crippen molar-refractivity contribution in [2.45, 2.75) is 44.3 Å². The first-order valence-corrected chi connectivity index (χ1v) is 10.6. The summed E-state index contributed by atoms with van der Waals surface area (Å²) in [4.78, 5) is 36.1. The van der Waals surface area contributed by atoms with Crippen molar-refractivity contribution in [1.82, 2.24) is 14.9 Å². The molecule has 0 radical (unpaired) electrons. The second-order valence-corrected chi connectivity index (χ2v) is 8.63. The number of hydrogen-bond donors (Lipinski definition) is 1. The molecule has 1 fully saturated rings. The first-order chi connectivity index (χ1) is 11.7. The molecule has 2 aromatic heterocycles. The van der Waals surface area contributed by atoms with Gasteiger partial charge in [-0.1, -0.05) is 0 Å². The number of carbonyl (C=O) groups excluding carboxylic acids is 1.